The van der Waals surface area contributed by atoms with Crippen LogP contribution in [0.5, 0.6) is 0 Å². The Kier molecular flexibility index (Phi) is 4.15. The van der Waals surface area contributed by atoms with E-state index in [1.165, 1.54) is 23.5 Å². The van der Waals surface area contributed by atoms with E-state index >= 15 is 0 Å². The number of anilines is 1. The average Bonchev–Trinajstić information content (AvgIpc) is 3.26. The molecule has 2 aromatic carbocycles. The number of fused-ring (bicyclic) bond motifs is 2. The van der Waals surface area contributed by atoms with Crippen LogP contribution in [0.25, 0.3) is 27.9 Å². The van der Waals surface area contributed by atoms with Crippen LogP contribution in [0.2, 0.25) is 0 Å². The molecule has 0 fully saturated rings. The Labute approximate surface area is 175 Å². The minimum Gasteiger partial charge on any atom is -0.384 e. The summed E-state index contributed by atoms with van der Waals surface area (Å²) in [7, 11) is 0. The van der Waals surface area contributed by atoms with Crippen LogP contribution < -0.4 is 11.3 Å². The standard InChI is InChI=1S/C23H17FN4OS/c1-12-3-8-19-17(9-12)16(13(2)26-19)10-18-21(25)28-20(11-30-23(28)27-22(18)29)14-4-6-15(24)7-5-14/h3-11H,25H2,1-2H3. The van der Waals surface area contributed by atoms with Gasteiger partial charge in [0.15, 0.2) is 4.96 Å². The third kappa shape index (κ3) is 2.86. The fourth-order valence-corrected chi connectivity index (χ4v) is 4.58. The van der Waals surface area contributed by atoms with Crippen molar-refractivity contribution in [2.75, 3.05) is 5.73 Å². The van der Waals surface area contributed by atoms with E-state index in [-0.39, 0.29) is 11.4 Å². The van der Waals surface area contributed by atoms with Gasteiger partial charge in [0, 0.05) is 22.2 Å². The minimum absolute atomic E-state index is 0.298. The number of hydrogen-bond acceptors (Lipinski definition) is 5. The van der Waals surface area contributed by atoms with E-state index in [1.807, 2.05) is 31.4 Å². The van der Waals surface area contributed by atoms with Crippen molar-refractivity contribution in [2.45, 2.75) is 13.8 Å². The quantitative estimate of drug-likeness (QED) is 0.494. The molecule has 0 radical (unpaired) electrons. The zero-order chi connectivity index (χ0) is 21.0. The lowest BCUT2D eigenvalue weighted by Gasteiger charge is -2.09. The van der Waals surface area contributed by atoms with Crippen molar-refractivity contribution in [3.8, 4) is 11.3 Å². The summed E-state index contributed by atoms with van der Waals surface area (Å²) in [6.07, 6.45) is 1.77. The zero-order valence-corrected chi connectivity index (χ0v) is 17.1. The van der Waals surface area contributed by atoms with Gasteiger partial charge in [0.25, 0.3) is 5.56 Å². The Balaban J connectivity index is 1.74. The molecular weight excluding hydrogens is 399 g/mol. The van der Waals surface area contributed by atoms with Gasteiger partial charge >= 0.3 is 0 Å². The first kappa shape index (κ1) is 18.4. The van der Waals surface area contributed by atoms with E-state index in [9.17, 15) is 9.18 Å². The molecule has 1 aliphatic rings. The Morgan fingerprint density at radius 3 is 2.67 bits per heavy atom. The van der Waals surface area contributed by atoms with Crippen molar-refractivity contribution in [2.24, 2.45) is 4.99 Å². The molecule has 0 saturated heterocycles. The largest absolute Gasteiger partial charge is 0.384 e. The first-order valence-corrected chi connectivity index (χ1v) is 10.2. The minimum atomic E-state index is -0.388. The van der Waals surface area contributed by atoms with Gasteiger partial charge in [0.05, 0.1) is 16.9 Å². The fraction of sp³-hybridized carbons (Fsp3) is 0.0870. The van der Waals surface area contributed by atoms with E-state index in [0.717, 1.165) is 39.4 Å². The normalized spacial score (nSPS) is 14.4. The van der Waals surface area contributed by atoms with Crippen LogP contribution in [0.1, 0.15) is 23.6 Å². The molecule has 5 nitrogen and oxygen atoms in total. The molecule has 148 valence electrons. The van der Waals surface area contributed by atoms with Gasteiger partial charge in [-0.3, -0.25) is 14.2 Å². The number of thiazole rings is 1. The second kappa shape index (κ2) is 6.74. The maximum absolute atomic E-state index is 13.4. The third-order valence-electron chi connectivity index (χ3n) is 5.20. The highest BCUT2D eigenvalue weighted by atomic mass is 32.1. The van der Waals surface area contributed by atoms with E-state index in [4.69, 9.17) is 5.73 Å². The Morgan fingerprint density at radius 2 is 1.90 bits per heavy atom. The summed E-state index contributed by atoms with van der Waals surface area (Å²) in [6, 6.07) is 12.2. The summed E-state index contributed by atoms with van der Waals surface area (Å²) in [4.78, 5) is 22.1. The summed E-state index contributed by atoms with van der Waals surface area (Å²) in [5.74, 6) is -0.0152. The summed E-state index contributed by atoms with van der Waals surface area (Å²) >= 11 is 1.32. The van der Waals surface area contributed by atoms with Gasteiger partial charge in [0.1, 0.15) is 11.6 Å². The van der Waals surface area contributed by atoms with Crippen LogP contribution in [0.3, 0.4) is 0 Å². The maximum Gasteiger partial charge on any atom is 0.283 e. The molecule has 3 heterocycles. The van der Waals surface area contributed by atoms with Gasteiger partial charge in [-0.15, -0.1) is 11.3 Å². The van der Waals surface area contributed by atoms with Crippen molar-refractivity contribution in [1.29, 1.82) is 0 Å². The lowest BCUT2D eigenvalue weighted by atomic mass is 9.99. The summed E-state index contributed by atoms with van der Waals surface area (Å²) in [6.45, 7) is 3.93. The van der Waals surface area contributed by atoms with Gasteiger partial charge in [-0.25, -0.2) is 4.39 Å². The molecule has 0 bridgehead atoms. The van der Waals surface area contributed by atoms with E-state index in [1.54, 1.807) is 22.6 Å². The van der Waals surface area contributed by atoms with Crippen molar-refractivity contribution < 1.29 is 4.39 Å². The molecule has 0 amide bonds. The van der Waals surface area contributed by atoms with Gasteiger partial charge in [0.2, 0.25) is 0 Å². The highest BCUT2D eigenvalue weighted by Gasteiger charge is 2.21. The number of nitrogens with two attached hydrogens (primary N) is 1. The maximum atomic E-state index is 13.4. The van der Waals surface area contributed by atoms with Crippen LogP contribution in [0, 0.1) is 12.7 Å². The van der Waals surface area contributed by atoms with Gasteiger partial charge < -0.3 is 5.73 Å². The lowest BCUT2D eigenvalue weighted by molar-refractivity contribution is 0.628. The molecule has 1 aliphatic heterocycles. The number of aliphatic imine (C=N–C) groups is 1. The number of halogens is 1. The SMILES string of the molecule is CC1=Nc2ccc(C)cc2C1=Cc1c(N)n2c(-c3ccc(F)cc3)csc2nc1=O. The summed E-state index contributed by atoms with van der Waals surface area (Å²) in [5.41, 5.74) is 12.6. The molecule has 2 N–H and O–H groups in total. The summed E-state index contributed by atoms with van der Waals surface area (Å²) < 4.78 is 15.1. The predicted octanol–water partition coefficient (Wildman–Crippen LogP) is 5.10. The monoisotopic (exact) mass is 416 g/mol. The molecular formula is C23H17FN4OS. The van der Waals surface area contributed by atoms with Crippen LogP contribution in [-0.2, 0) is 0 Å². The number of allylic oxidation sites excluding steroid dienone is 1. The number of rotatable bonds is 2. The topological polar surface area (TPSA) is 72.8 Å². The predicted molar refractivity (Wildman–Crippen MR) is 121 cm³/mol. The smallest absolute Gasteiger partial charge is 0.283 e. The van der Waals surface area contributed by atoms with Crippen LogP contribution in [-0.4, -0.2) is 15.1 Å². The first-order valence-electron chi connectivity index (χ1n) is 9.36. The molecule has 0 aliphatic carbocycles. The van der Waals surface area contributed by atoms with Crippen molar-refractivity contribution in [1.82, 2.24) is 9.38 Å². The third-order valence-corrected chi connectivity index (χ3v) is 6.03. The number of nitrogens with zero attached hydrogens (tertiary/aromatic N) is 3. The van der Waals surface area contributed by atoms with Gasteiger partial charge in [-0.05, 0) is 61.9 Å². The van der Waals surface area contributed by atoms with Crippen molar-refractivity contribution >= 4 is 45.2 Å². The number of aromatic nitrogens is 2. The second-order valence-electron chi connectivity index (χ2n) is 7.24. The summed E-state index contributed by atoms with van der Waals surface area (Å²) in [5, 5.41) is 1.86. The Morgan fingerprint density at radius 1 is 1.13 bits per heavy atom. The highest BCUT2D eigenvalue weighted by molar-refractivity contribution is 7.15. The highest BCUT2D eigenvalue weighted by Crippen LogP contribution is 2.37. The van der Waals surface area contributed by atoms with Crippen LogP contribution in [0.15, 0.2) is 57.6 Å². The number of nitrogen functional groups attached to an aromatic ring is 1. The second-order valence-corrected chi connectivity index (χ2v) is 8.07. The van der Waals surface area contributed by atoms with Gasteiger partial charge in [-0.2, -0.15) is 4.98 Å². The Bertz CT molecular complexity index is 1440. The molecule has 4 aromatic rings. The number of aryl methyl sites for hydroxylation is 1. The van der Waals surface area contributed by atoms with E-state index in [0.29, 0.717) is 16.3 Å². The first-order chi connectivity index (χ1) is 14.4. The van der Waals surface area contributed by atoms with Gasteiger partial charge in [-0.1, -0.05) is 11.6 Å². The lowest BCUT2D eigenvalue weighted by Crippen LogP contribution is -2.16. The zero-order valence-electron chi connectivity index (χ0n) is 16.3. The Hall–Kier alpha value is -3.58. The molecule has 0 atom stereocenters. The number of hydrogen-bond donors (Lipinski definition) is 1. The molecule has 0 unspecified atom stereocenters. The molecule has 0 saturated carbocycles. The van der Waals surface area contributed by atoms with Crippen molar-refractivity contribution in [3.05, 3.63) is 80.7 Å². The molecule has 5 rings (SSSR count). The van der Waals surface area contributed by atoms with Crippen LogP contribution in [0.4, 0.5) is 15.9 Å². The fourth-order valence-electron chi connectivity index (χ4n) is 3.68. The van der Waals surface area contributed by atoms with E-state index in [2.05, 4.69) is 16.0 Å². The van der Waals surface area contributed by atoms with Crippen molar-refractivity contribution in [3.63, 3.8) is 0 Å². The van der Waals surface area contributed by atoms with Crippen LogP contribution >= 0.6 is 11.3 Å². The average molecular weight is 416 g/mol. The molecule has 30 heavy (non-hydrogen) atoms. The molecule has 2 aromatic heterocycles. The number of benzene rings is 2. The molecule has 7 heteroatoms. The molecule has 0 spiro atoms. The van der Waals surface area contributed by atoms with E-state index < -0.39 is 0 Å².